The number of carbonyl (C=O) groups is 2. The van der Waals surface area contributed by atoms with Crippen LogP contribution in [0, 0.1) is 5.92 Å². The maximum Gasteiger partial charge on any atom is 0.230 e. The predicted molar refractivity (Wildman–Crippen MR) is 81.4 cm³/mol. The molecule has 1 aliphatic rings. The van der Waals surface area contributed by atoms with Crippen molar-refractivity contribution in [2.45, 2.75) is 19.8 Å². The van der Waals surface area contributed by atoms with Gasteiger partial charge in [-0.2, -0.15) is 5.10 Å². The van der Waals surface area contributed by atoms with E-state index in [1.54, 1.807) is 23.1 Å². The molecule has 2 aromatic heterocycles. The summed E-state index contributed by atoms with van der Waals surface area (Å²) >= 11 is 1.55. The average molecular weight is 304 g/mol. The minimum atomic E-state index is -0.116. The van der Waals surface area contributed by atoms with Crippen molar-refractivity contribution in [3.63, 3.8) is 0 Å². The molecule has 110 valence electrons. The van der Waals surface area contributed by atoms with Gasteiger partial charge in [-0.05, 0) is 17.9 Å². The van der Waals surface area contributed by atoms with Crippen LogP contribution < -0.4 is 10.6 Å². The van der Waals surface area contributed by atoms with Crippen LogP contribution in [0.25, 0.3) is 0 Å². The molecular formula is C14H16N4O2S. The zero-order valence-corrected chi connectivity index (χ0v) is 12.7. The Labute approximate surface area is 126 Å². The van der Waals surface area contributed by atoms with E-state index in [-0.39, 0.29) is 17.7 Å². The summed E-state index contributed by atoms with van der Waals surface area (Å²) in [5.41, 5.74) is 0.893. The van der Waals surface area contributed by atoms with Crippen LogP contribution in [0.15, 0.2) is 17.5 Å². The van der Waals surface area contributed by atoms with E-state index in [4.69, 9.17) is 0 Å². The number of amides is 2. The molecule has 2 N–H and O–H groups in total. The molecule has 0 saturated heterocycles. The summed E-state index contributed by atoms with van der Waals surface area (Å²) in [7, 11) is 1.75. The van der Waals surface area contributed by atoms with E-state index in [2.05, 4.69) is 15.7 Å². The number of hydrogen-bond acceptors (Lipinski definition) is 4. The molecule has 2 aromatic rings. The minimum absolute atomic E-state index is 0.0121. The number of fused-ring (bicyclic) bond motifs is 1. The van der Waals surface area contributed by atoms with Crippen molar-refractivity contribution in [3.8, 4) is 0 Å². The summed E-state index contributed by atoms with van der Waals surface area (Å²) in [6.07, 6.45) is 0.925. The van der Waals surface area contributed by atoms with E-state index in [9.17, 15) is 9.59 Å². The fourth-order valence-corrected chi connectivity index (χ4v) is 3.11. The second-order valence-electron chi connectivity index (χ2n) is 5.20. The Hall–Kier alpha value is -2.15. The SMILES string of the molecule is CC1Cc2c(NC(=O)Cc3cccs3)nn(C)c2NC1=O. The highest BCUT2D eigenvalue weighted by atomic mass is 32.1. The Balaban J connectivity index is 1.79. The lowest BCUT2D eigenvalue weighted by Gasteiger charge is -2.19. The summed E-state index contributed by atoms with van der Waals surface area (Å²) in [6.45, 7) is 1.86. The first-order valence-electron chi connectivity index (χ1n) is 6.73. The van der Waals surface area contributed by atoms with Crippen molar-refractivity contribution in [3.05, 3.63) is 28.0 Å². The Kier molecular flexibility index (Phi) is 3.50. The fourth-order valence-electron chi connectivity index (χ4n) is 2.40. The minimum Gasteiger partial charge on any atom is -0.310 e. The van der Waals surface area contributed by atoms with E-state index in [0.717, 1.165) is 10.4 Å². The number of thiophene rings is 1. The quantitative estimate of drug-likeness (QED) is 0.907. The van der Waals surface area contributed by atoms with Crippen LogP contribution in [-0.2, 0) is 29.5 Å². The van der Waals surface area contributed by atoms with Gasteiger partial charge in [0, 0.05) is 23.4 Å². The third-order valence-electron chi connectivity index (χ3n) is 3.52. The molecule has 0 spiro atoms. The molecule has 0 bridgehead atoms. The van der Waals surface area contributed by atoms with Crippen LogP contribution in [0.4, 0.5) is 11.6 Å². The van der Waals surface area contributed by atoms with Gasteiger partial charge in [0.1, 0.15) is 5.82 Å². The molecule has 7 heteroatoms. The molecule has 0 saturated carbocycles. The number of anilines is 2. The first-order chi connectivity index (χ1) is 10.0. The molecule has 1 atom stereocenters. The predicted octanol–water partition coefficient (Wildman–Crippen LogP) is 1.79. The second-order valence-corrected chi connectivity index (χ2v) is 6.23. The third kappa shape index (κ3) is 2.69. The lowest BCUT2D eigenvalue weighted by molar-refractivity contribution is -0.119. The van der Waals surface area contributed by atoms with E-state index in [0.29, 0.717) is 24.5 Å². The molecule has 1 unspecified atom stereocenters. The number of nitrogens with one attached hydrogen (secondary N) is 2. The van der Waals surface area contributed by atoms with Crippen LogP contribution in [0.2, 0.25) is 0 Å². The topological polar surface area (TPSA) is 76.0 Å². The van der Waals surface area contributed by atoms with Gasteiger partial charge in [0.2, 0.25) is 11.8 Å². The Morgan fingerprint density at radius 2 is 2.43 bits per heavy atom. The fraction of sp³-hybridized carbons (Fsp3) is 0.357. The molecule has 3 heterocycles. The van der Waals surface area contributed by atoms with Crippen LogP contribution in [0.5, 0.6) is 0 Å². The standard InChI is InChI=1S/C14H16N4O2S/c1-8-6-10-12(17-18(2)13(10)16-14(8)20)15-11(19)7-9-4-3-5-21-9/h3-5,8H,6-7H2,1-2H3,(H,16,20)(H,15,17,19). The van der Waals surface area contributed by atoms with E-state index < -0.39 is 0 Å². The molecule has 0 fully saturated rings. The largest absolute Gasteiger partial charge is 0.310 e. The van der Waals surface area contributed by atoms with Gasteiger partial charge in [-0.15, -0.1) is 11.3 Å². The van der Waals surface area contributed by atoms with Gasteiger partial charge in [0.15, 0.2) is 5.82 Å². The summed E-state index contributed by atoms with van der Waals surface area (Å²) in [4.78, 5) is 24.8. The van der Waals surface area contributed by atoms with Crippen molar-refractivity contribution in [1.82, 2.24) is 9.78 Å². The number of carbonyl (C=O) groups excluding carboxylic acids is 2. The number of rotatable bonds is 3. The van der Waals surface area contributed by atoms with Crippen LogP contribution in [0.3, 0.4) is 0 Å². The molecule has 3 rings (SSSR count). The molecule has 2 amide bonds. The summed E-state index contributed by atoms with van der Waals surface area (Å²) in [6, 6.07) is 3.85. The number of aryl methyl sites for hydroxylation is 1. The lowest BCUT2D eigenvalue weighted by atomic mass is 9.98. The maximum absolute atomic E-state index is 12.1. The molecule has 0 aromatic carbocycles. The average Bonchev–Trinajstić information content (AvgIpc) is 3.01. The normalized spacial score (nSPS) is 17.2. The van der Waals surface area contributed by atoms with E-state index in [1.807, 2.05) is 24.4 Å². The third-order valence-corrected chi connectivity index (χ3v) is 4.39. The van der Waals surface area contributed by atoms with Gasteiger partial charge < -0.3 is 10.6 Å². The van der Waals surface area contributed by atoms with Gasteiger partial charge in [-0.3, -0.25) is 14.3 Å². The smallest absolute Gasteiger partial charge is 0.230 e. The van der Waals surface area contributed by atoms with Crippen LogP contribution in [-0.4, -0.2) is 21.6 Å². The van der Waals surface area contributed by atoms with Gasteiger partial charge in [0.05, 0.1) is 6.42 Å². The van der Waals surface area contributed by atoms with Gasteiger partial charge in [0.25, 0.3) is 0 Å². The van der Waals surface area contributed by atoms with Crippen molar-refractivity contribution >= 4 is 34.8 Å². The van der Waals surface area contributed by atoms with Crippen LogP contribution >= 0.6 is 11.3 Å². The van der Waals surface area contributed by atoms with Crippen molar-refractivity contribution in [2.24, 2.45) is 13.0 Å². The summed E-state index contributed by atoms with van der Waals surface area (Å²) < 4.78 is 1.60. The zero-order valence-electron chi connectivity index (χ0n) is 11.8. The van der Waals surface area contributed by atoms with Gasteiger partial charge >= 0.3 is 0 Å². The monoisotopic (exact) mass is 304 g/mol. The Bertz CT molecular complexity index is 690. The zero-order chi connectivity index (χ0) is 15.0. The molecule has 21 heavy (non-hydrogen) atoms. The highest BCUT2D eigenvalue weighted by Crippen LogP contribution is 2.31. The summed E-state index contributed by atoms with van der Waals surface area (Å²) in [5.74, 6) is 0.991. The molecule has 0 aliphatic carbocycles. The number of aromatic nitrogens is 2. The lowest BCUT2D eigenvalue weighted by Crippen LogP contribution is -2.28. The van der Waals surface area contributed by atoms with Crippen LogP contribution in [0.1, 0.15) is 17.4 Å². The van der Waals surface area contributed by atoms with Crippen molar-refractivity contribution < 1.29 is 9.59 Å². The molecule has 1 aliphatic heterocycles. The van der Waals surface area contributed by atoms with E-state index in [1.165, 1.54) is 0 Å². The number of hydrogen-bond donors (Lipinski definition) is 2. The Morgan fingerprint density at radius 3 is 3.14 bits per heavy atom. The number of nitrogens with zero attached hydrogens (tertiary/aromatic N) is 2. The first-order valence-corrected chi connectivity index (χ1v) is 7.61. The second kappa shape index (κ2) is 5.33. The van der Waals surface area contributed by atoms with E-state index >= 15 is 0 Å². The Morgan fingerprint density at radius 1 is 1.62 bits per heavy atom. The van der Waals surface area contributed by atoms with Crippen molar-refractivity contribution in [2.75, 3.05) is 10.6 Å². The first kappa shape index (κ1) is 13.8. The van der Waals surface area contributed by atoms with Gasteiger partial charge in [-0.25, -0.2) is 0 Å². The highest BCUT2D eigenvalue weighted by molar-refractivity contribution is 7.10. The molecular weight excluding hydrogens is 288 g/mol. The maximum atomic E-state index is 12.1. The molecule has 0 radical (unpaired) electrons. The molecule has 6 nitrogen and oxygen atoms in total. The summed E-state index contributed by atoms with van der Waals surface area (Å²) in [5, 5.41) is 11.9. The highest BCUT2D eigenvalue weighted by Gasteiger charge is 2.29. The van der Waals surface area contributed by atoms with Gasteiger partial charge in [-0.1, -0.05) is 13.0 Å². The van der Waals surface area contributed by atoms with Crippen molar-refractivity contribution in [1.29, 1.82) is 0 Å².